The Hall–Kier alpha value is -4.04. The molecule has 41 heavy (non-hydrogen) atoms. The van der Waals surface area contributed by atoms with Gasteiger partial charge in [-0.15, -0.1) is 0 Å². The van der Waals surface area contributed by atoms with Crippen molar-refractivity contribution < 1.29 is 0 Å². The molecule has 1 saturated carbocycles. The van der Waals surface area contributed by atoms with Gasteiger partial charge in [-0.05, 0) is 77.1 Å². The van der Waals surface area contributed by atoms with Crippen molar-refractivity contribution in [2.45, 2.75) is 56.4 Å². The fourth-order valence-corrected chi connectivity index (χ4v) is 9.88. The molecule has 0 N–H and O–H groups in total. The van der Waals surface area contributed by atoms with E-state index in [0.717, 1.165) is 0 Å². The third kappa shape index (κ3) is 2.57. The minimum absolute atomic E-state index is 0.0649. The van der Waals surface area contributed by atoms with E-state index in [9.17, 15) is 0 Å². The second-order valence-corrected chi connectivity index (χ2v) is 13.2. The maximum atomic E-state index is 2.82. The standard InChI is InChI=1S/C39H34BN/c1-26-25-30-35-36-34(26)37(2)23-14-24-38(37,3)41(36)33-22-13-12-21-32(33)40(35)31-20-11-10-19-29(31)39(30,27-15-6-4-7-16-27)28-17-8-5-9-18-28/h4-13,15-22,25H,14,23-24H2,1-3H3. The number of para-hydroxylation sites is 1. The summed E-state index contributed by atoms with van der Waals surface area (Å²) in [5.74, 6) is 0. The Balaban J connectivity index is 1.53. The molecule has 0 aromatic heterocycles. The quantitative estimate of drug-likeness (QED) is 0.222. The third-order valence-electron chi connectivity index (χ3n) is 11.6. The summed E-state index contributed by atoms with van der Waals surface area (Å²) in [5, 5.41) is 0. The SMILES string of the molecule is Cc1cc2c3c4c1C1(C)CCCC1(C)N4c1ccccc1B3c1ccccc1C2(c1ccccc1)c1ccccc1. The Morgan fingerprint density at radius 1 is 0.659 bits per heavy atom. The van der Waals surface area contributed by atoms with Crippen LogP contribution in [0.25, 0.3) is 0 Å². The van der Waals surface area contributed by atoms with Gasteiger partial charge in [0, 0.05) is 16.8 Å². The van der Waals surface area contributed by atoms with Crippen molar-refractivity contribution in [3.05, 3.63) is 149 Å². The highest BCUT2D eigenvalue weighted by Crippen LogP contribution is 2.64. The molecular formula is C39H34BN. The van der Waals surface area contributed by atoms with Crippen LogP contribution in [0.15, 0.2) is 115 Å². The predicted octanol–water partition coefficient (Wildman–Crippen LogP) is 6.87. The van der Waals surface area contributed by atoms with E-state index in [2.05, 4.69) is 141 Å². The van der Waals surface area contributed by atoms with Crippen molar-refractivity contribution in [1.82, 2.24) is 0 Å². The van der Waals surface area contributed by atoms with Gasteiger partial charge in [-0.2, -0.15) is 0 Å². The number of fused-ring (bicyclic) bond motifs is 8. The van der Waals surface area contributed by atoms with Gasteiger partial charge in [0.15, 0.2) is 0 Å². The summed E-state index contributed by atoms with van der Waals surface area (Å²) in [4.78, 5) is 2.82. The van der Waals surface area contributed by atoms with Gasteiger partial charge in [0.25, 0.3) is 0 Å². The average Bonchev–Trinajstić information content (AvgIpc) is 3.42. The second-order valence-electron chi connectivity index (χ2n) is 13.2. The van der Waals surface area contributed by atoms with E-state index in [1.165, 1.54) is 74.8 Å². The zero-order valence-corrected chi connectivity index (χ0v) is 24.1. The normalized spacial score (nSPS) is 24.0. The number of hydrogen-bond acceptors (Lipinski definition) is 1. The van der Waals surface area contributed by atoms with Gasteiger partial charge in [0.05, 0.1) is 11.0 Å². The predicted molar refractivity (Wildman–Crippen MR) is 172 cm³/mol. The lowest BCUT2D eigenvalue weighted by Crippen LogP contribution is -2.66. The summed E-state index contributed by atoms with van der Waals surface area (Å²) in [6.45, 7) is 7.74. The van der Waals surface area contributed by atoms with Crippen molar-refractivity contribution in [3.8, 4) is 0 Å². The Labute approximate surface area is 244 Å². The molecule has 1 nitrogen and oxygen atoms in total. The Bertz CT molecular complexity index is 1840. The van der Waals surface area contributed by atoms with Gasteiger partial charge in [0.1, 0.15) is 0 Å². The van der Waals surface area contributed by atoms with E-state index >= 15 is 0 Å². The maximum Gasteiger partial charge on any atom is 0.247 e. The summed E-state index contributed by atoms with van der Waals surface area (Å²) in [6.07, 6.45) is 3.76. The lowest BCUT2D eigenvalue weighted by Gasteiger charge is -2.50. The van der Waals surface area contributed by atoms with E-state index in [1.807, 2.05) is 0 Å². The van der Waals surface area contributed by atoms with Gasteiger partial charge in [-0.3, -0.25) is 0 Å². The molecule has 2 unspecified atom stereocenters. The molecule has 3 heterocycles. The summed E-state index contributed by atoms with van der Waals surface area (Å²) in [5.41, 5.74) is 15.8. The van der Waals surface area contributed by atoms with Crippen molar-refractivity contribution in [1.29, 1.82) is 0 Å². The molecule has 1 aliphatic carbocycles. The van der Waals surface area contributed by atoms with Crippen LogP contribution < -0.4 is 21.3 Å². The molecule has 0 bridgehead atoms. The van der Waals surface area contributed by atoms with Gasteiger partial charge in [-0.25, -0.2) is 0 Å². The van der Waals surface area contributed by atoms with Crippen molar-refractivity contribution in [2.24, 2.45) is 0 Å². The second kappa shape index (κ2) is 7.82. The summed E-state index contributed by atoms with van der Waals surface area (Å²) in [7, 11) is 0. The number of benzene rings is 5. The molecule has 0 radical (unpaired) electrons. The monoisotopic (exact) mass is 527 g/mol. The summed E-state index contributed by atoms with van der Waals surface area (Å²) < 4.78 is 0. The molecule has 1 fully saturated rings. The fourth-order valence-electron chi connectivity index (χ4n) is 9.88. The topological polar surface area (TPSA) is 3.24 Å². The summed E-state index contributed by atoms with van der Waals surface area (Å²) >= 11 is 0. The molecule has 0 spiro atoms. The number of aryl methyl sites for hydroxylation is 1. The number of hydrogen-bond donors (Lipinski definition) is 0. The van der Waals surface area contributed by atoms with Crippen LogP contribution in [0.4, 0.5) is 11.4 Å². The minimum Gasteiger partial charge on any atom is -0.335 e. The van der Waals surface area contributed by atoms with Crippen LogP contribution in [0.3, 0.4) is 0 Å². The molecule has 0 saturated heterocycles. The largest absolute Gasteiger partial charge is 0.335 e. The first-order chi connectivity index (χ1) is 20.0. The van der Waals surface area contributed by atoms with E-state index in [0.29, 0.717) is 0 Å². The molecule has 2 atom stereocenters. The van der Waals surface area contributed by atoms with Crippen LogP contribution in [0.5, 0.6) is 0 Å². The Morgan fingerprint density at radius 3 is 1.98 bits per heavy atom. The smallest absolute Gasteiger partial charge is 0.247 e. The molecule has 2 heteroatoms. The van der Waals surface area contributed by atoms with Gasteiger partial charge >= 0.3 is 0 Å². The van der Waals surface area contributed by atoms with Crippen LogP contribution in [0.2, 0.25) is 0 Å². The molecule has 4 aliphatic rings. The highest BCUT2D eigenvalue weighted by Gasteiger charge is 2.64. The first-order valence-corrected chi connectivity index (χ1v) is 15.3. The van der Waals surface area contributed by atoms with Gasteiger partial charge in [0.2, 0.25) is 6.71 Å². The first-order valence-electron chi connectivity index (χ1n) is 15.3. The van der Waals surface area contributed by atoms with Crippen LogP contribution in [0, 0.1) is 6.92 Å². The molecular weight excluding hydrogens is 493 g/mol. The highest BCUT2D eigenvalue weighted by molar-refractivity contribution is 6.99. The van der Waals surface area contributed by atoms with E-state index in [-0.39, 0.29) is 17.7 Å². The number of nitrogens with zero attached hydrogens (tertiary/aromatic N) is 1. The highest BCUT2D eigenvalue weighted by atomic mass is 15.3. The lowest BCUT2D eigenvalue weighted by molar-refractivity contribution is 0.329. The van der Waals surface area contributed by atoms with Gasteiger partial charge < -0.3 is 4.90 Å². The molecule has 3 aliphatic heterocycles. The van der Waals surface area contributed by atoms with Crippen LogP contribution in [-0.2, 0) is 10.8 Å². The Morgan fingerprint density at radius 2 is 1.27 bits per heavy atom. The zero-order chi connectivity index (χ0) is 27.6. The molecule has 0 amide bonds. The van der Waals surface area contributed by atoms with E-state index < -0.39 is 5.41 Å². The van der Waals surface area contributed by atoms with E-state index in [1.54, 1.807) is 5.56 Å². The van der Waals surface area contributed by atoms with E-state index in [4.69, 9.17) is 0 Å². The zero-order valence-electron chi connectivity index (χ0n) is 24.1. The van der Waals surface area contributed by atoms with Crippen LogP contribution in [-0.4, -0.2) is 12.3 Å². The molecule has 9 rings (SSSR count). The molecule has 198 valence electrons. The fraction of sp³-hybridized carbons (Fsp3) is 0.231. The molecule has 5 aromatic carbocycles. The maximum absolute atomic E-state index is 2.82. The van der Waals surface area contributed by atoms with Crippen molar-refractivity contribution in [3.63, 3.8) is 0 Å². The third-order valence-corrected chi connectivity index (χ3v) is 11.6. The average molecular weight is 528 g/mol. The number of anilines is 2. The van der Waals surface area contributed by atoms with Gasteiger partial charge in [-0.1, -0.05) is 128 Å². The van der Waals surface area contributed by atoms with Crippen LogP contribution >= 0.6 is 0 Å². The van der Waals surface area contributed by atoms with Crippen LogP contribution in [0.1, 0.15) is 66.5 Å². The Kier molecular flexibility index (Phi) is 4.51. The first kappa shape index (κ1) is 23.6. The van der Waals surface area contributed by atoms with Crippen molar-refractivity contribution in [2.75, 3.05) is 4.90 Å². The lowest BCUT2D eigenvalue weighted by atomic mass is 9.29. The number of rotatable bonds is 2. The summed E-state index contributed by atoms with van der Waals surface area (Å²) in [6, 6.07) is 43.8. The molecule has 5 aromatic rings. The minimum atomic E-state index is -0.401. The van der Waals surface area contributed by atoms with Crippen molar-refractivity contribution >= 4 is 34.5 Å².